The van der Waals surface area contributed by atoms with Gasteiger partial charge in [0.05, 0.1) is 17.0 Å². The quantitative estimate of drug-likeness (QED) is 0.393. The van der Waals surface area contributed by atoms with Crippen LogP contribution in [0.4, 0.5) is 18.9 Å². The molecule has 0 fully saturated rings. The zero-order valence-corrected chi connectivity index (χ0v) is 18.0. The third kappa shape index (κ3) is 5.14. The number of hydrogen-bond acceptors (Lipinski definition) is 6. The SMILES string of the molecule is C=CCn1c(SCC(=O)Nc2ccccc2C(F)(F)F)nnc1C1COc2ccccc2O1. The van der Waals surface area contributed by atoms with E-state index in [4.69, 9.17) is 9.47 Å². The Hall–Kier alpha value is -3.47. The predicted molar refractivity (Wildman–Crippen MR) is 116 cm³/mol. The summed E-state index contributed by atoms with van der Waals surface area (Å²) in [6.07, 6.45) is -3.44. The Morgan fingerprint density at radius 2 is 1.91 bits per heavy atom. The molecule has 2 heterocycles. The fourth-order valence-electron chi connectivity index (χ4n) is 3.25. The van der Waals surface area contributed by atoms with Crippen LogP contribution in [0.25, 0.3) is 0 Å². The molecular weight excluding hydrogens is 457 g/mol. The molecule has 1 unspecified atom stereocenters. The van der Waals surface area contributed by atoms with Crippen LogP contribution in [0, 0.1) is 0 Å². The second-order valence-corrected chi connectivity index (χ2v) is 7.93. The first kappa shape index (κ1) is 22.7. The molecule has 0 saturated heterocycles. The van der Waals surface area contributed by atoms with Gasteiger partial charge in [0, 0.05) is 6.54 Å². The number of hydrogen-bond donors (Lipinski definition) is 1. The minimum Gasteiger partial charge on any atom is -0.485 e. The van der Waals surface area contributed by atoms with E-state index in [0.717, 1.165) is 17.8 Å². The normalized spacial score (nSPS) is 15.2. The Morgan fingerprint density at radius 1 is 1.18 bits per heavy atom. The van der Waals surface area contributed by atoms with Gasteiger partial charge < -0.3 is 14.8 Å². The first-order chi connectivity index (χ1) is 15.9. The molecule has 1 N–H and O–H groups in total. The van der Waals surface area contributed by atoms with Crippen molar-refractivity contribution >= 4 is 23.4 Å². The first-order valence-electron chi connectivity index (χ1n) is 9.88. The summed E-state index contributed by atoms with van der Waals surface area (Å²) in [6.45, 7) is 4.32. The van der Waals surface area contributed by atoms with Crippen LogP contribution < -0.4 is 14.8 Å². The first-order valence-corrected chi connectivity index (χ1v) is 10.9. The van der Waals surface area contributed by atoms with Crippen LogP contribution in [0.5, 0.6) is 11.5 Å². The van der Waals surface area contributed by atoms with Gasteiger partial charge in [-0.1, -0.05) is 42.1 Å². The average molecular weight is 476 g/mol. The third-order valence-electron chi connectivity index (χ3n) is 4.69. The molecule has 1 aliphatic rings. The van der Waals surface area contributed by atoms with Crippen molar-refractivity contribution in [2.45, 2.75) is 24.0 Å². The molecule has 0 saturated carbocycles. The van der Waals surface area contributed by atoms with Gasteiger partial charge in [0.2, 0.25) is 5.91 Å². The largest absolute Gasteiger partial charge is 0.485 e. The molecule has 1 atom stereocenters. The summed E-state index contributed by atoms with van der Waals surface area (Å²) in [5.74, 6) is 0.951. The van der Waals surface area contributed by atoms with E-state index in [0.29, 0.717) is 29.0 Å². The van der Waals surface area contributed by atoms with E-state index in [2.05, 4.69) is 22.1 Å². The Bertz CT molecular complexity index is 1170. The van der Waals surface area contributed by atoms with E-state index in [-0.39, 0.29) is 18.0 Å². The van der Waals surface area contributed by atoms with Crippen molar-refractivity contribution in [2.24, 2.45) is 0 Å². The van der Waals surface area contributed by atoms with Crippen molar-refractivity contribution in [2.75, 3.05) is 17.7 Å². The highest BCUT2D eigenvalue weighted by Crippen LogP contribution is 2.37. The predicted octanol–water partition coefficient (Wildman–Crippen LogP) is 4.73. The van der Waals surface area contributed by atoms with Crippen molar-refractivity contribution < 1.29 is 27.4 Å². The molecule has 0 radical (unpaired) electrons. The number of ether oxygens (including phenoxy) is 2. The Balaban J connectivity index is 1.46. The fourth-order valence-corrected chi connectivity index (χ4v) is 4.00. The van der Waals surface area contributed by atoms with Crippen LogP contribution in [-0.2, 0) is 17.5 Å². The molecule has 33 heavy (non-hydrogen) atoms. The number of allylic oxidation sites excluding steroid dienone is 1. The highest BCUT2D eigenvalue weighted by atomic mass is 32.2. The number of thioether (sulfide) groups is 1. The minimum atomic E-state index is -4.57. The van der Waals surface area contributed by atoms with Gasteiger partial charge in [-0.15, -0.1) is 16.8 Å². The molecule has 0 aliphatic carbocycles. The van der Waals surface area contributed by atoms with Gasteiger partial charge in [0.15, 0.2) is 28.6 Å². The maximum absolute atomic E-state index is 13.1. The van der Waals surface area contributed by atoms with Gasteiger partial charge >= 0.3 is 6.18 Å². The number of benzene rings is 2. The lowest BCUT2D eigenvalue weighted by Crippen LogP contribution is -2.25. The zero-order valence-electron chi connectivity index (χ0n) is 17.2. The zero-order chi connectivity index (χ0) is 23.4. The summed E-state index contributed by atoms with van der Waals surface area (Å²) in [4.78, 5) is 12.4. The van der Waals surface area contributed by atoms with E-state index >= 15 is 0 Å². The number of para-hydroxylation sites is 3. The van der Waals surface area contributed by atoms with Crippen molar-refractivity contribution in [3.05, 3.63) is 72.6 Å². The Morgan fingerprint density at radius 3 is 2.67 bits per heavy atom. The molecule has 3 aromatic rings. The molecule has 1 aliphatic heterocycles. The smallest absolute Gasteiger partial charge is 0.418 e. The highest BCUT2D eigenvalue weighted by molar-refractivity contribution is 7.99. The van der Waals surface area contributed by atoms with Crippen molar-refractivity contribution in [3.8, 4) is 11.5 Å². The summed E-state index contributed by atoms with van der Waals surface area (Å²) in [5, 5.41) is 11.1. The van der Waals surface area contributed by atoms with Gasteiger partial charge in [-0.3, -0.25) is 9.36 Å². The summed E-state index contributed by atoms with van der Waals surface area (Å²) < 4.78 is 52.9. The Kier molecular flexibility index (Phi) is 6.59. The molecule has 1 aromatic heterocycles. The van der Waals surface area contributed by atoms with Crippen molar-refractivity contribution in [3.63, 3.8) is 0 Å². The molecule has 2 aromatic carbocycles. The van der Waals surface area contributed by atoms with E-state index in [9.17, 15) is 18.0 Å². The van der Waals surface area contributed by atoms with E-state index in [1.54, 1.807) is 22.8 Å². The van der Waals surface area contributed by atoms with E-state index < -0.39 is 23.8 Å². The fraction of sp³-hybridized carbons (Fsp3) is 0.227. The molecule has 1 amide bonds. The summed E-state index contributed by atoms with van der Waals surface area (Å²) >= 11 is 1.05. The van der Waals surface area contributed by atoms with Gasteiger partial charge in [-0.25, -0.2) is 0 Å². The number of fused-ring (bicyclic) bond motifs is 1. The molecule has 172 valence electrons. The number of halogens is 3. The number of anilines is 1. The molecule has 4 rings (SSSR count). The van der Waals surface area contributed by atoms with Crippen LogP contribution >= 0.6 is 11.8 Å². The number of nitrogens with zero attached hydrogens (tertiary/aromatic N) is 3. The number of carbonyl (C=O) groups is 1. The average Bonchev–Trinajstić information content (AvgIpc) is 3.20. The van der Waals surface area contributed by atoms with E-state index in [1.807, 2.05) is 12.1 Å². The maximum Gasteiger partial charge on any atom is 0.418 e. The number of nitrogens with one attached hydrogen (secondary N) is 1. The second kappa shape index (κ2) is 9.57. The maximum atomic E-state index is 13.1. The van der Waals surface area contributed by atoms with Gasteiger partial charge in [-0.05, 0) is 24.3 Å². The molecule has 11 heteroatoms. The number of rotatable bonds is 7. The molecule has 0 spiro atoms. The topological polar surface area (TPSA) is 78.3 Å². The van der Waals surface area contributed by atoms with Crippen molar-refractivity contribution in [1.29, 1.82) is 0 Å². The number of aromatic nitrogens is 3. The number of alkyl halides is 3. The second-order valence-electron chi connectivity index (χ2n) is 6.98. The van der Waals surface area contributed by atoms with Crippen LogP contribution in [0.15, 0.2) is 66.3 Å². The van der Waals surface area contributed by atoms with Crippen LogP contribution in [0.2, 0.25) is 0 Å². The van der Waals surface area contributed by atoms with Gasteiger partial charge in [-0.2, -0.15) is 13.2 Å². The van der Waals surface area contributed by atoms with Crippen LogP contribution in [-0.4, -0.2) is 33.0 Å². The van der Waals surface area contributed by atoms with Gasteiger partial charge in [0.1, 0.15) is 6.61 Å². The lowest BCUT2D eigenvalue weighted by Gasteiger charge is -2.26. The summed E-state index contributed by atoms with van der Waals surface area (Å²) in [7, 11) is 0. The lowest BCUT2D eigenvalue weighted by atomic mass is 10.1. The van der Waals surface area contributed by atoms with Gasteiger partial charge in [0.25, 0.3) is 0 Å². The number of amides is 1. The molecular formula is C22H19F3N4O3S. The van der Waals surface area contributed by atoms with E-state index in [1.165, 1.54) is 18.2 Å². The molecule has 0 bridgehead atoms. The van der Waals surface area contributed by atoms with Crippen LogP contribution in [0.3, 0.4) is 0 Å². The summed E-state index contributed by atoms with van der Waals surface area (Å²) in [6, 6.07) is 12.1. The minimum absolute atomic E-state index is 0.160. The standard InChI is InChI=1S/C22H19F3N4O3S/c1-2-11-29-20(18-12-31-16-9-5-6-10-17(16)32-18)27-28-21(29)33-13-19(30)26-15-8-4-3-7-14(15)22(23,24)25/h2-10,18H,1,11-13H2,(H,26,30). The van der Waals surface area contributed by atoms with Crippen molar-refractivity contribution in [1.82, 2.24) is 14.8 Å². The van der Waals surface area contributed by atoms with Crippen LogP contribution in [0.1, 0.15) is 17.5 Å². The third-order valence-corrected chi connectivity index (χ3v) is 5.66. The lowest BCUT2D eigenvalue weighted by molar-refractivity contribution is -0.137. The number of carbonyl (C=O) groups excluding carboxylic acids is 1. The summed E-state index contributed by atoms with van der Waals surface area (Å²) in [5.41, 5.74) is -1.20. The highest BCUT2D eigenvalue weighted by Gasteiger charge is 2.33. The Labute approximate surface area is 191 Å². The molecule has 7 nitrogen and oxygen atoms in total. The monoisotopic (exact) mass is 476 g/mol.